The molecule has 0 saturated heterocycles. The number of nitrogens with zero attached hydrogens (tertiary/aromatic N) is 1. The number of aryl methyl sites for hydroxylation is 2. The third-order valence-corrected chi connectivity index (χ3v) is 4.19. The highest BCUT2D eigenvalue weighted by atomic mass is 32.1. The summed E-state index contributed by atoms with van der Waals surface area (Å²) in [6.07, 6.45) is 3.32. The molecular weight excluding hydrogens is 238 g/mol. The highest BCUT2D eigenvalue weighted by Crippen LogP contribution is 2.31. The molecule has 17 heavy (non-hydrogen) atoms. The summed E-state index contributed by atoms with van der Waals surface area (Å²) in [6, 6.07) is 1.96. The number of aliphatic carboxylic acids is 1. The summed E-state index contributed by atoms with van der Waals surface area (Å²) in [6.45, 7) is 0.261. The smallest absolute Gasteiger partial charge is 0.305 e. The maximum absolute atomic E-state index is 12.0. The molecule has 1 heterocycles. The third kappa shape index (κ3) is 2.66. The number of fused-ring (bicyclic) bond motifs is 1. The van der Waals surface area contributed by atoms with Crippen LogP contribution in [0.1, 0.15) is 33.0 Å². The molecule has 0 atom stereocenters. The second kappa shape index (κ2) is 4.87. The highest BCUT2D eigenvalue weighted by Gasteiger charge is 2.20. The lowest BCUT2D eigenvalue weighted by molar-refractivity contribution is -0.137. The van der Waals surface area contributed by atoms with E-state index in [9.17, 15) is 9.59 Å². The molecule has 1 aliphatic carbocycles. The van der Waals surface area contributed by atoms with E-state index in [1.807, 2.05) is 6.07 Å². The number of hydrogen-bond acceptors (Lipinski definition) is 3. The van der Waals surface area contributed by atoms with Gasteiger partial charge in [0.05, 0.1) is 11.3 Å². The van der Waals surface area contributed by atoms with E-state index in [1.54, 1.807) is 18.4 Å². The Balaban J connectivity index is 2.01. The van der Waals surface area contributed by atoms with Gasteiger partial charge in [0.1, 0.15) is 0 Å². The van der Waals surface area contributed by atoms with E-state index in [0.717, 1.165) is 17.7 Å². The Kier molecular flexibility index (Phi) is 3.47. The van der Waals surface area contributed by atoms with Gasteiger partial charge < -0.3 is 10.0 Å². The van der Waals surface area contributed by atoms with Gasteiger partial charge in [-0.05, 0) is 30.9 Å². The fraction of sp³-hybridized carbons (Fsp3) is 0.500. The number of thiophene rings is 1. The number of carbonyl (C=O) groups excluding carboxylic acids is 1. The first kappa shape index (κ1) is 12.1. The first-order chi connectivity index (χ1) is 8.08. The van der Waals surface area contributed by atoms with Crippen molar-refractivity contribution < 1.29 is 14.7 Å². The van der Waals surface area contributed by atoms with Crippen LogP contribution in [0.25, 0.3) is 0 Å². The van der Waals surface area contributed by atoms with Gasteiger partial charge in [0, 0.05) is 18.5 Å². The van der Waals surface area contributed by atoms with Crippen molar-refractivity contribution in [1.82, 2.24) is 4.90 Å². The van der Waals surface area contributed by atoms with Gasteiger partial charge >= 0.3 is 5.97 Å². The molecule has 0 fully saturated rings. The van der Waals surface area contributed by atoms with Crippen LogP contribution in [0.15, 0.2) is 6.07 Å². The van der Waals surface area contributed by atoms with Crippen molar-refractivity contribution in [3.63, 3.8) is 0 Å². The van der Waals surface area contributed by atoms with Gasteiger partial charge in [0.15, 0.2) is 0 Å². The minimum absolute atomic E-state index is 0.00662. The molecule has 1 aliphatic rings. The molecule has 92 valence electrons. The number of rotatable bonds is 4. The molecule has 0 bridgehead atoms. The lowest BCUT2D eigenvalue weighted by atomic mass is 10.2. The normalized spacial score (nSPS) is 13.5. The molecule has 1 N–H and O–H groups in total. The maximum Gasteiger partial charge on any atom is 0.305 e. The summed E-state index contributed by atoms with van der Waals surface area (Å²) in [5, 5.41) is 8.57. The molecule has 0 saturated carbocycles. The maximum atomic E-state index is 12.0. The molecule has 5 heteroatoms. The van der Waals surface area contributed by atoms with E-state index in [-0.39, 0.29) is 18.9 Å². The van der Waals surface area contributed by atoms with Crippen LogP contribution in [0.3, 0.4) is 0 Å². The Morgan fingerprint density at radius 2 is 2.24 bits per heavy atom. The monoisotopic (exact) mass is 253 g/mol. The van der Waals surface area contributed by atoms with Crippen molar-refractivity contribution in [3.05, 3.63) is 21.4 Å². The molecule has 0 aliphatic heterocycles. The second-order valence-electron chi connectivity index (χ2n) is 4.28. The molecule has 1 amide bonds. The summed E-state index contributed by atoms with van der Waals surface area (Å²) in [4.78, 5) is 26.0. The Hall–Kier alpha value is -1.36. The number of carbonyl (C=O) groups is 2. The van der Waals surface area contributed by atoms with Crippen molar-refractivity contribution in [3.8, 4) is 0 Å². The van der Waals surface area contributed by atoms with Crippen LogP contribution in [-0.4, -0.2) is 35.5 Å². The molecule has 4 nitrogen and oxygen atoms in total. The lowest BCUT2D eigenvalue weighted by Crippen LogP contribution is -2.28. The zero-order chi connectivity index (χ0) is 12.4. The van der Waals surface area contributed by atoms with Crippen LogP contribution in [-0.2, 0) is 17.6 Å². The third-order valence-electron chi connectivity index (χ3n) is 2.97. The Morgan fingerprint density at radius 1 is 1.47 bits per heavy atom. The molecule has 2 rings (SSSR count). The molecule has 0 aromatic carbocycles. The number of amides is 1. The Bertz CT molecular complexity index is 431. The van der Waals surface area contributed by atoms with Gasteiger partial charge in [-0.3, -0.25) is 9.59 Å². The predicted octanol–water partition coefficient (Wildman–Crippen LogP) is 1.78. The van der Waals surface area contributed by atoms with E-state index in [0.29, 0.717) is 0 Å². The molecular formula is C12H15NO3S. The Labute approximate surface area is 104 Å². The van der Waals surface area contributed by atoms with E-state index in [2.05, 4.69) is 0 Å². The van der Waals surface area contributed by atoms with E-state index >= 15 is 0 Å². The van der Waals surface area contributed by atoms with Gasteiger partial charge in [0.2, 0.25) is 0 Å². The second-order valence-corrected chi connectivity index (χ2v) is 5.42. The van der Waals surface area contributed by atoms with E-state index < -0.39 is 5.97 Å². The van der Waals surface area contributed by atoms with Gasteiger partial charge in [-0.2, -0.15) is 0 Å². The van der Waals surface area contributed by atoms with Crippen molar-refractivity contribution in [2.24, 2.45) is 0 Å². The summed E-state index contributed by atoms with van der Waals surface area (Å²) >= 11 is 1.55. The predicted molar refractivity (Wildman–Crippen MR) is 65.6 cm³/mol. The standard InChI is InChI=1S/C12H15NO3S/c1-13(6-5-11(14)15)12(16)10-7-8-3-2-4-9(8)17-10/h7H,2-6H2,1H3,(H,14,15). The largest absolute Gasteiger partial charge is 0.481 e. The molecule has 1 aromatic rings. The van der Waals surface area contributed by atoms with E-state index in [4.69, 9.17) is 5.11 Å². The number of carboxylic acid groups (broad SMARTS) is 1. The van der Waals surface area contributed by atoms with E-state index in [1.165, 1.54) is 21.8 Å². The van der Waals surface area contributed by atoms with Crippen LogP contribution >= 0.6 is 11.3 Å². The van der Waals surface area contributed by atoms with Crippen LogP contribution in [0.5, 0.6) is 0 Å². The highest BCUT2D eigenvalue weighted by molar-refractivity contribution is 7.14. The molecule has 0 radical (unpaired) electrons. The van der Waals surface area contributed by atoms with Gasteiger partial charge in [-0.1, -0.05) is 0 Å². The first-order valence-corrected chi connectivity index (χ1v) is 6.48. The van der Waals surface area contributed by atoms with Crippen molar-refractivity contribution in [2.75, 3.05) is 13.6 Å². The SMILES string of the molecule is CN(CCC(=O)O)C(=O)c1cc2c(s1)CCC2. The number of hydrogen-bond donors (Lipinski definition) is 1. The Morgan fingerprint density at radius 3 is 2.88 bits per heavy atom. The number of carboxylic acids is 1. The summed E-state index contributed by atoms with van der Waals surface area (Å²) in [7, 11) is 1.65. The molecule has 0 unspecified atom stereocenters. The fourth-order valence-corrected chi connectivity index (χ4v) is 3.24. The average Bonchev–Trinajstić information content (AvgIpc) is 2.84. The molecule has 1 aromatic heterocycles. The van der Waals surface area contributed by atoms with Crippen LogP contribution in [0.4, 0.5) is 0 Å². The lowest BCUT2D eigenvalue weighted by Gasteiger charge is -2.14. The summed E-state index contributed by atoms with van der Waals surface area (Å²) < 4.78 is 0. The molecule has 0 spiro atoms. The summed E-state index contributed by atoms with van der Waals surface area (Å²) in [5.74, 6) is -0.941. The first-order valence-electron chi connectivity index (χ1n) is 5.67. The van der Waals surface area contributed by atoms with Crippen molar-refractivity contribution in [2.45, 2.75) is 25.7 Å². The quantitative estimate of drug-likeness (QED) is 0.890. The zero-order valence-electron chi connectivity index (χ0n) is 9.73. The van der Waals surface area contributed by atoms with Crippen LogP contribution in [0, 0.1) is 0 Å². The topological polar surface area (TPSA) is 57.6 Å². The van der Waals surface area contributed by atoms with Crippen molar-refractivity contribution >= 4 is 23.2 Å². The fourth-order valence-electron chi connectivity index (χ4n) is 1.99. The van der Waals surface area contributed by atoms with Crippen LogP contribution < -0.4 is 0 Å². The van der Waals surface area contributed by atoms with Crippen molar-refractivity contribution in [1.29, 1.82) is 0 Å². The zero-order valence-corrected chi connectivity index (χ0v) is 10.5. The van der Waals surface area contributed by atoms with Gasteiger partial charge in [-0.25, -0.2) is 0 Å². The minimum Gasteiger partial charge on any atom is -0.481 e. The van der Waals surface area contributed by atoms with Crippen LogP contribution in [0.2, 0.25) is 0 Å². The summed E-state index contributed by atoms with van der Waals surface area (Å²) in [5.41, 5.74) is 1.30. The minimum atomic E-state index is -0.877. The average molecular weight is 253 g/mol. The van der Waals surface area contributed by atoms with Gasteiger partial charge in [-0.15, -0.1) is 11.3 Å². The van der Waals surface area contributed by atoms with Gasteiger partial charge in [0.25, 0.3) is 5.91 Å².